The number of nitrogens with zero attached hydrogens (tertiary/aromatic N) is 2. The Labute approximate surface area is 168 Å². The number of carbonyl (C=O) groups excluding carboxylic acids is 3. The van der Waals surface area contributed by atoms with Crippen LogP contribution in [0.1, 0.15) is 32.1 Å². The Morgan fingerprint density at radius 2 is 2.11 bits per heavy atom. The normalized spacial score (nSPS) is 27.4. The Bertz CT molecular complexity index is 719. The average Bonchev–Trinajstić information content (AvgIpc) is 3.42. The third-order valence-electron chi connectivity index (χ3n) is 5.89. The maximum atomic E-state index is 12.4. The minimum atomic E-state index is -0.246. The van der Waals surface area contributed by atoms with Gasteiger partial charge >= 0.3 is 6.03 Å². The SMILES string of the molecule is O=C(Nc1ccsc1)N[C@H]1C[C@H]2C(=O)NC[C@@H](CCC(=O)N3CCCC3)N2C1. The molecule has 8 nitrogen and oxygen atoms in total. The summed E-state index contributed by atoms with van der Waals surface area (Å²) in [5.41, 5.74) is 0.772. The number of amides is 4. The van der Waals surface area contributed by atoms with Gasteiger partial charge in [-0.1, -0.05) is 0 Å². The molecule has 0 unspecified atom stereocenters. The second-order valence-electron chi connectivity index (χ2n) is 7.78. The van der Waals surface area contributed by atoms with Gasteiger partial charge in [-0.05, 0) is 37.1 Å². The molecule has 1 aromatic heterocycles. The van der Waals surface area contributed by atoms with Gasteiger partial charge in [-0.15, -0.1) is 0 Å². The smallest absolute Gasteiger partial charge is 0.319 e. The predicted molar refractivity (Wildman–Crippen MR) is 107 cm³/mol. The minimum Gasteiger partial charge on any atom is -0.353 e. The van der Waals surface area contributed by atoms with Crippen LogP contribution >= 0.6 is 11.3 Å². The molecular weight excluding hydrogens is 378 g/mol. The fourth-order valence-corrected chi connectivity index (χ4v) is 5.04. The van der Waals surface area contributed by atoms with E-state index in [-0.39, 0.29) is 36.0 Å². The summed E-state index contributed by atoms with van der Waals surface area (Å²) in [6.45, 7) is 2.95. The van der Waals surface area contributed by atoms with Gasteiger partial charge in [0.15, 0.2) is 0 Å². The molecule has 0 aromatic carbocycles. The van der Waals surface area contributed by atoms with E-state index in [9.17, 15) is 14.4 Å². The van der Waals surface area contributed by atoms with Crippen molar-refractivity contribution in [3.8, 4) is 0 Å². The fraction of sp³-hybridized carbons (Fsp3) is 0.632. The Morgan fingerprint density at radius 3 is 2.86 bits per heavy atom. The van der Waals surface area contributed by atoms with Crippen LogP contribution in [0.4, 0.5) is 10.5 Å². The molecule has 0 spiro atoms. The Kier molecular flexibility index (Phi) is 5.82. The first-order valence-electron chi connectivity index (χ1n) is 10.0. The Balaban J connectivity index is 1.30. The summed E-state index contributed by atoms with van der Waals surface area (Å²) in [4.78, 5) is 41.0. The predicted octanol–water partition coefficient (Wildman–Crippen LogP) is 1.21. The number of carbonyl (C=O) groups is 3. The van der Waals surface area contributed by atoms with Crippen LogP contribution in [0.15, 0.2) is 16.8 Å². The van der Waals surface area contributed by atoms with E-state index in [1.807, 2.05) is 21.7 Å². The van der Waals surface area contributed by atoms with Crippen molar-refractivity contribution >= 4 is 34.9 Å². The van der Waals surface area contributed by atoms with Crippen molar-refractivity contribution in [1.82, 2.24) is 20.4 Å². The Hall–Kier alpha value is -2.13. The molecule has 3 aliphatic heterocycles. The zero-order chi connectivity index (χ0) is 19.5. The van der Waals surface area contributed by atoms with Crippen LogP contribution in [0.3, 0.4) is 0 Å². The first-order chi connectivity index (χ1) is 13.6. The molecule has 3 N–H and O–H groups in total. The van der Waals surface area contributed by atoms with Crippen LogP contribution in [-0.4, -0.2) is 71.9 Å². The van der Waals surface area contributed by atoms with E-state index in [2.05, 4.69) is 20.9 Å². The Morgan fingerprint density at radius 1 is 1.29 bits per heavy atom. The number of piperazine rings is 1. The number of rotatable bonds is 5. The first kappa shape index (κ1) is 19.2. The summed E-state index contributed by atoms with van der Waals surface area (Å²) in [5.74, 6) is 0.236. The van der Waals surface area contributed by atoms with Crippen molar-refractivity contribution in [1.29, 1.82) is 0 Å². The van der Waals surface area contributed by atoms with Crippen LogP contribution < -0.4 is 16.0 Å². The van der Waals surface area contributed by atoms with Crippen molar-refractivity contribution in [2.45, 2.75) is 50.2 Å². The van der Waals surface area contributed by atoms with E-state index in [0.717, 1.165) is 38.0 Å². The van der Waals surface area contributed by atoms with Gasteiger partial charge in [0.2, 0.25) is 11.8 Å². The number of anilines is 1. The fourth-order valence-electron chi connectivity index (χ4n) is 4.45. The lowest BCUT2D eigenvalue weighted by Gasteiger charge is -2.37. The van der Waals surface area contributed by atoms with Crippen LogP contribution in [0.25, 0.3) is 0 Å². The number of hydrogen-bond acceptors (Lipinski definition) is 5. The van der Waals surface area contributed by atoms with E-state index in [1.165, 1.54) is 11.3 Å². The molecule has 3 fully saturated rings. The summed E-state index contributed by atoms with van der Waals surface area (Å²) in [7, 11) is 0. The quantitative estimate of drug-likeness (QED) is 0.687. The molecule has 4 amide bonds. The highest BCUT2D eigenvalue weighted by Crippen LogP contribution is 2.26. The zero-order valence-electron chi connectivity index (χ0n) is 15.9. The number of fused-ring (bicyclic) bond motifs is 1. The summed E-state index contributed by atoms with van der Waals surface area (Å²) in [6.07, 6.45) is 4.04. The van der Waals surface area contributed by atoms with E-state index < -0.39 is 0 Å². The summed E-state index contributed by atoms with van der Waals surface area (Å²) < 4.78 is 0. The molecule has 4 heterocycles. The van der Waals surface area contributed by atoms with Crippen LogP contribution in [0.2, 0.25) is 0 Å². The van der Waals surface area contributed by atoms with Crippen molar-refractivity contribution in [3.05, 3.63) is 16.8 Å². The number of hydrogen-bond donors (Lipinski definition) is 3. The maximum absolute atomic E-state index is 12.4. The van der Waals surface area contributed by atoms with Crippen molar-refractivity contribution in [2.75, 3.05) is 31.5 Å². The van der Waals surface area contributed by atoms with Gasteiger partial charge in [0, 0.05) is 50.1 Å². The highest BCUT2D eigenvalue weighted by molar-refractivity contribution is 7.08. The molecule has 0 aliphatic carbocycles. The van der Waals surface area contributed by atoms with E-state index in [0.29, 0.717) is 25.9 Å². The minimum absolute atomic E-state index is 0.0182. The lowest BCUT2D eigenvalue weighted by molar-refractivity contribution is -0.131. The molecule has 4 rings (SSSR count). The average molecular weight is 406 g/mol. The van der Waals surface area contributed by atoms with Gasteiger partial charge in [-0.25, -0.2) is 4.79 Å². The first-order valence-corrected chi connectivity index (χ1v) is 11.0. The third-order valence-corrected chi connectivity index (χ3v) is 6.57. The molecule has 3 atom stereocenters. The maximum Gasteiger partial charge on any atom is 0.319 e. The zero-order valence-corrected chi connectivity index (χ0v) is 16.7. The van der Waals surface area contributed by atoms with E-state index in [4.69, 9.17) is 0 Å². The topological polar surface area (TPSA) is 93.8 Å². The van der Waals surface area contributed by atoms with Gasteiger partial charge in [-0.3, -0.25) is 14.5 Å². The summed E-state index contributed by atoms with van der Waals surface area (Å²) >= 11 is 1.52. The molecule has 9 heteroatoms. The molecule has 1 aromatic rings. The monoisotopic (exact) mass is 405 g/mol. The number of thiophene rings is 1. The second kappa shape index (κ2) is 8.48. The molecular formula is C19H27N5O3S. The lowest BCUT2D eigenvalue weighted by atomic mass is 10.0. The van der Waals surface area contributed by atoms with Gasteiger partial charge in [0.25, 0.3) is 0 Å². The third kappa shape index (κ3) is 4.30. The molecule has 152 valence electrons. The molecule has 3 aliphatic rings. The molecule has 0 saturated carbocycles. The summed E-state index contributed by atoms with van der Waals surface area (Å²) in [5, 5.41) is 12.6. The highest BCUT2D eigenvalue weighted by atomic mass is 32.1. The van der Waals surface area contributed by atoms with Crippen LogP contribution in [-0.2, 0) is 9.59 Å². The van der Waals surface area contributed by atoms with Crippen molar-refractivity contribution in [2.24, 2.45) is 0 Å². The number of nitrogens with one attached hydrogen (secondary N) is 3. The summed E-state index contributed by atoms with van der Waals surface area (Å²) in [6, 6.07) is 1.44. The molecule has 0 radical (unpaired) electrons. The highest BCUT2D eigenvalue weighted by Gasteiger charge is 2.43. The molecule has 3 saturated heterocycles. The van der Waals surface area contributed by atoms with E-state index >= 15 is 0 Å². The van der Waals surface area contributed by atoms with Gasteiger partial charge in [0.05, 0.1) is 11.7 Å². The standard InChI is InChI=1S/C19H27N5O3S/c25-17(23-6-1-2-7-23)4-3-15-10-20-18(26)16-9-14(11-24(15)16)22-19(27)21-13-5-8-28-12-13/h5,8,12,14-16H,1-4,6-7,9-11H2,(H,20,26)(H2,21,22,27)/t14-,15+,16-/m0/s1. The largest absolute Gasteiger partial charge is 0.353 e. The number of likely N-dealkylation sites (tertiary alicyclic amines) is 1. The second-order valence-corrected chi connectivity index (χ2v) is 8.56. The van der Waals surface area contributed by atoms with E-state index in [1.54, 1.807) is 0 Å². The van der Waals surface area contributed by atoms with Gasteiger partial charge in [-0.2, -0.15) is 11.3 Å². The van der Waals surface area contributed by atoms with Gasteiger partial charge in [0.1, 0.15) is 0 Å². The van der Waals surface area contributed by atoms with Crippen LogP contribution in [0, 0.1) is 0 Å². The van der Waals surface area contributed by atoms with Gasteiger partial charge < -0.3 is 20.9 Å². The van der Waals surface area contributed by atoms with Crippen LogP contribution in [0.5, 0.6) is 0 Å². The molecule has 0 bridgehead atoms. The van der Waals surface area contributed by atoms with Crippen molar-refractivity contribution in [3.63, 3.8) is 0 Å². The van der Waals surface area contributed by atoms with Crippen molar-refractivity contribution < 1.29 is 14.4 Å². The lowest BCUT2D eigenvalue weighted by Crippen LogP contribution is -2.58. The molecule has 28 heavy (non-hydrogen) atoms. The number of urea groups is 1.